The molecule has 1 fully saturated rings. The molecule has 1 atom stereocenters. The third kappa shape index (κ3) is 3.46. The largest absolute Gasteiger partial charge is 0.456 e. The Hall–Kier alpha value is -2.11. The zero-order valence-electron chi connectivity index (χ0n) is 13.7. The number of unbranched alkanes of at least 4 members (excludes halogenated alkanes) is 1. The molecule has 1 amide bonds. The Morgan fingerprint density at radius 1 is 1.39 bits per heavy atom. The van der Waals surface area contributed by atoms with Crippen LogP contribution < -0.4 is 0 Å². The highest BCUT2D eigenvalue weighted by atomic mass is 16.5. The molecule has 6 heteroatoms. The van der Waals surface area contributed by atoms with E-state index in [0.717, 1.165) is 50.1 Å². The van der Waals surface area contributed by atoms with Gasteiger partial charge in [-0.1, -0.05) is 18.5 Å². The molecule has 1 saturated heterocycles. The molecule has 23 heavy (non-hydrogen) atoms. The first-order chi connectivity index (χ1) is 11.2. The van der Waals surface area contributed by atoms with Crippen LogP contribution in [0.4, 0.5) is 0 Å². The van der Waals surface area contributed by atoms with Crippen LogP contribution in [-0.2, 0) is 6.42 Å². The van der Waals surface area contributed by atoms with Crippen LogP contribution in [0.25, 0.3) is 0 Å². The van der Waals surface area contributed by atoms with Crippen LogP contribution in [0, 0.1) is 6.92 Å². The third-order valence-corrected chi connectivity index (χ3v) is 4.24. The van der Waals surface area contributed by atoms with Crippen molar-refractivity contribution in [1.82, 2.24) is 15.0 Å². The topological polar surface area (TPSA) is 72.4 Å². The number of aryl methyl sites for hydroxylation is 2. The van der Waals surface area contributed by atoms with E-state index in [2.05, 4.69) is 17.1 Å². The zero-order valence-corrected chi connectivity index (χ0v) is 13.7. The van der Waals surface area contributed by atoms with Crippen molar-refractivity contribution in [1.29, 1.82) is 0 Å². The summed E-state index contributed by atoms with van der Waals surface area (Å²) in [7, 11) is 0. The van der Waals surface area contributed by atoms with Crippen molar-refractivity contribution in [3.8, 4) is 0 Å². The van der Waals surface area contributed by atoms with Gasteiger partial charge in [-0.2, -0.15) is 4.98 Å². The summed E-state index contributed by atoms with van der Waals surface area (Å²) in [6, 6.07) is 3.38. The minimum absolute atomic E-state index is 0.101. The van der Waals surface area contributed by atoms with Gasteiger partial charge in [-0.25, -0.2) is 0 Å². The van der Waals surface area contributed by atoms with Gasteiger partial charge in [0.05, 0.1) is 0 Å². The lowest BCUT2D eigenvalue weighted by Gasteiger charge is -2.32. The number of carbonyl (C=O) groups is 1. The average Bonchev–Trinajstić information content (AvgIpc) is 3.21. The standard InChI is InChI=1S/C17H23N3O3/c1-3-4-8-15-18-16(23-19-15)13-7-5-6-11-20(13)17(21)14-10-9-12(2)22-14/h9-10,13H,3-8,11H2,1-2H3/t13-/m0/s1. The number of likely N-dealkylation sites (tertiary alicyclic amines) is 1. The van der Waals surface area contributed by atoms with Gasteiger partial charge in [-0.15, -0.1) is 0 Å². The lowest BCUT2D eigenvalue weighted by atomic mass is 10.0. The Kier molecular flexibility index (Phi) is 4.79. The minimum atomic E-state index is -0.149. The molecule has 0 spiro atoms. The third-order valence-electron chi connectivity index (χ3n) is 4.24. The quantitative estimate of drug-likeness (QED) is 0.841. The summed E-state index contributed by atoms with van der Waals surface area (Å²) >= 11 is 0. The summed E-state index contributed by atoms with van der Waals surface area (Å²) in [4.78, 5) is 19.0. The van der Waals surface area contributed by atoms with Gasteiger partial charge in [0.25, 0.3) is 5.91 Å². The molecule has 0 radical (unpaired) electrons. The van der Waals surface area contributed by atoms with E-state index in [4.69, 9.17) is 8.94 Å². The van der Waals surface area contributed by atoms with E-state index in [0.29, 0.717) is 18.2 Å². The summed E-state index contributed by atoms with van der Waals surface area (Å²) in [5, 5.41) is 4.05. The van der Waals surface area contributed by atoms with Gasteiger partial charge in [-0.05, 0) is 44.7 Å². The van der Waals surface area contributed by atoms with Crippen molar-refractivity contribution in [3.63, 3.8) is 0 Å². The fourth-order valence-corrected chi connectivity index (χ4v) is 2.96. The van der Waals surface area contributed by atoms with Crippen molar-refractivity contribution < 1.29 is 13.7 Å². The van der Waals surface area contributed by atoms with E-state index >= 15 is 0 Å². The predicted octanol–water partition coefficient (Wildman–Crippen LogP) is 3.68. The maximum Gasteiger partial charge on any atom is 0.290 e. The van der Waals surface area contributed by atoms with Crippen molar-refractivity contribution in [2.45, 2.75) is 58.4 Å². The molecular formula is C17H23N3O3. The molecule has 2 aromatic rings. The number of piperidine rings is 1. The SMILES string of the molecule is CCCCc1noc([C@@H]2CCCCN2C(=O)c2ccc(C)o2)n1. The molecule has 0 N–H and O–H groups in total. The summed E-state index contributed by atoms with van der Waals surface area (Å²) in [6.45, 7) is 4.66. The number of hydrogen-bond donors (Lipinski definition) is 0. The van der Waals surface area contributed by atoms with Gasteiger partial charge >= 0.3 is 0 Å². The molecule has 0 aromatic carbocycles. The van der Waals surface area contributed by atoms with Crippen LogP contribution in [-0.4, -0.2) is 27.5 Å². The van der Waals surface area contributed by atoms with Crippen LogP contribution >= 0.6 is 0 Å². The highest BCUT2D eigenvalue weighted by molar-refractivity contribution is 5.91. The first kappa shape index (κ1) is 15.8. The van der Waals surface area contributed by atoms with Crippen LogP contribution in [0.3, 0.4) is 0 Å². The van der Waals surface area contributed by atoms with Gasteiger partial charge in [0, 0.05) is 13.0 Å². The molecule has 1 aliphatic rings. The smallest absolute Gasteiger partial charge is 0.290 e. The highest BCUT2D eigenvalue weighted by Gasteiger charge is 2.33. The predicted molar refractivity (Wildman–Crippen MR) is 84.0 cm³/mol. The molecule has 6 nitrogen and oxygen atoms in total. The molecule has 3 rings (SSSR count). The van der Waals surface area contributed by atoms with Crippen molar-refractivity contribution >= 4 is 5.91 Å². The molecule has 1 aliphatic heterocycles. The molecule has 3 heterocycles. The van der Waals surface area contributed by atoms with E-state index in [9.17, 15) is 4.79 Å². The highest BCUT2D eigenvalue weighted by Crippen LogP contribution is 2.31. The first-order valence-electron chi connectivity index (χ1n) is 8.39. The summed E-state index contributed by atoms with van der Waals surface area (Å²) < 4.78 is 10.9. The van der Waals surface area contributed by atoms with E-state index in [1.807, 2.05) is 13.0 Å². The van der Waals surface area contributed by atoms with Crippen molar-refractivity contribution in [2.75, 3.05) is 6.54 Å². The second-order valence-corrected chi connectivity index (χ2v) is 6.07. The Morgan fingerprint density at radius 2 is 2.26 bits per heavy atom. The van der Waals surface area contributed by atoms with E-state index < -0.39 is 0 Å². The lowest BCUT2D eigenvalue weighted by Crippen LogP contribution is -2.38. The summed E-state index contributed by atoms with van der Waals surface area (Å²) in [5.41, 5.74) is 0. The molecular weight excluding hydrogens is 294 g/mol. The Balaban J connectivity index is 1.78. The maximum atomic E-state index is 12.7. The van der Waals surface area contributed by atoms with Crippen LogP contribution in [0.15, 0.2) is 21.1 Å². The Bertz CT molecular complexity index is 662. The maximum absolute atomic E-state index is 12.7. The number of nitrogens with zero attached hydrogens (tertiary/aromatic N) is 3. The molecule has 0 aliphatic carbocycles. The van der Waals surface area contributed by atoms with Gasteiger partial charge in [0.15, 0.2) is 11.6 Å². The number of amides is 1. The monoisotopic (exact) mass is 317 g/mol. The van der Waals surface area contributed by atoms with Gasteiger partial charge in [0.1, 0.15) is 11.8 Å². The second-order valence-electron chi connectivity index (χ2n) is 6.07. The normalized spacial score (nSPS) is 18.3. The van der Waals surface area contributed by atoms with Crippen molar-refractivity contribution in [3.05, 3.63) is 35.4 Å². The van der Waals surface area contributed by atoms with Crippen molar-refractivity contribution in [2.24, 2.45) is 0 Å². The molecule has 124 valence electrons. The molecule has 0 bridgehead atoms. The number of rotatable bonds is 5. The zero-order chi connectivity index (χ0) is 16.2. The molecule has 2 aromatic heterocycles. The van der Waals surface area contributed by atoms with E-state index in [1.165, 1.54) is 0 Å². The van der Waals surface area contributed by atoms with Gasteiger partial charge < -0.3 is 13.8 Å². The lowest BCUT2D eigenvalue weighted by molar-refractivity contribution is 0.0528. The Morgan fingerprint density at radius 3 is 3.00 bits per heavy atom. The number of aromatic nitrogens is 2. The first-order valence-corrected chi connectivity index (χ1v) is 8.39. The van der Waals surface area contributed by atoms with Crippen LogP contribution in [0.1, 0.15) is 73.1 Å². The molecule has 0 saturated carbocycles. The summed E-state index contributed by atoms with van der Waals surface area (Å²) in [5.74, 6) is 2.29. The summed E-state index contributed by atoms with van der Waals surface area (Å²) in [6.07, 6.45) is 5.84. The van der Waals surface area contributed by atoms with Gasteiger partial charge in [0.2, 0.25) is 5.89 Å². The number of hydrogen-bond acceptors (Lipinski definition) is 5. The molecule has 0 unspecified atom stereocenters. The van der Waals surface area contributed by atoms with Gasteiger partial charge in [-0.3, -0.25) is 4.79 Å². The fourth-order valence-electron chi connectivity index (χ4n) is 2.96. The number of carbonyl (C=O) groups excluding carboxylic acids is 1. The fraction of sp³-hybridized carbons (Fsp3) is 0.588. The number of furan rings is 1. The second kappa shape index (κ2) is 6.98. The van der Waals surface area contributed by atoms with Crippen LogP contribution in [0.2, 0.25) is 0 Å². The van der Waals surface area contributed by atoms with E-state index in [-0.39, 0.29) is 11.9 Å². The van der Waals surface area contributed by atoms with Crippen LogP contribution in [0.5, 0.6) is 0 Å². The minimum Gasteiger partial charge on any atom is -0.456 e. The van der Waals surface area contributed by atoms with E-state index in [1.54, 1.807) is 11.0 Å². The Labute approximate surface area is 135 Å². The average molecular weight is 317 g/mol.